The molecule has 25 heavy (non-hydrogen) atoms. The lowest BCUT2D eigenvalue weighted by molar-refractivity contribution is -0.140. The van der Waals surface area contributed by atoms with Crippen molar-refractivity contribution in [2.24, 2.45) is 17.8 Å². The number of carbonyl (C=O) groups excluding carboxylic acids is 2. The maximum absolute atomic E-state index is 12.4. The molecule has 0 bridgehead atoms. The molecule has 3 atom stereocenters. The molecule has 1 aromatic rings. The number of rotatable bonds is 9. The van der Waals surface area contributed by atoms with Gasteiger partial charge in [-0.25, -0.2) is 0 Å². The molecule has 3 heteroatoms. The Morgan fingerprint density at radius 2 is 1.88 bits per heavy atom. The summed E-state index contributed by atoms with van der Waals surface area (Å²) in [5.41, 5.74) is 1.19. The number of benzene rings is 1. The average molecular weight is 342 g/mol. The van der Waals surface area contributed by atoms with Crippen molar-refractivity contribution in [3.63, 3.8) is 0 Å². The van der Waals surface area contributed by atoms with Gasteiger partial charge >= 0.3 is 5.97 Å². The Hall–Kier alpha value is -1.90. The van der Waals surface area contributed by atoms with E-state index in [1.54, 1.807) is 0 Å². The lowest BCUT2D eigenvalue weighted by Crippen LogP contribution is -2.15. The zero-order valence-corrected chi connectivity index (χ0v) is 15.4. The van der Waals surface area contributed by atoms with Crippen molar-refractivity contribution in [2.75, 3.05) is 7.11 Å². The molecule has 0 saturated heterocycles. The van der Waals surface area contributed by atoms with E-state index in [1.807, 2.05) is 18.2 Å². The first-order valence-electron chi connectivity index (χ1n) is 9.44. The molecule has 1 fully saturated rings. The summed E-state index contributed by atoms with van der Waals surface area (Å²) in [6, 6.07) is 10.3. The lowest BCUT2D eigenvalue weighted by atomic mass is 9.86. The highest BCUT2D eigenvalue weighted by atomic mass is 16.5. The summed E-state index contributed by atoms with van der Waals surface area (Å²) in [4.78, 5) is 23.4. The van der Waals surface area contributed by atoms with Gasteiger partial charge in [-0.1, -0.05) is 68.7 Å². The van der Waals surface area contributed by atoms with Crippen LogP contribution in [0.4, 0.5) is 0 Å². The molecular weight excluding hydrogens is 312 g/mol. The smallest absolute Gasteiger partial charge is 0.305 e. The monoisotopic (exact) mass is 342 g/mol. The van der Waals surface area contributed by atoms with Crippen molar-refractivity contribution >= 4 is 17.8 Å². The minimum Gasteiger partial charge on any atom is -0.469 e. The summed E-state index contributed by atoms with van der Waals surface area (Å²) in [7, 11) is 1.43. The van der Waals surface area contributed by atoms with Gasteiger partial charge in [0.2, 0.25) is 0 Å². The fourth-order valence-corrected chi connectivity index (χ4v) is 3.77. The Kier molecular flexibility index (Phi) is 7.90. The fourth-order valence-electron chi connectivity index (χ4n) is 3.77. The Labute approximate surface area is 151 Å². The maximum Gasteiger partial charge on any atom is 0.305 e. The van der Waals surface area contributed by atoms with Gasteiger partial charge in [-0.05, 0) is 30.2 Å². The molecule has 2 rings (SSSR count). The van der Waals surface area contributed by atoms with Crippen molar-refractivity contribution in [3.05, 3.63) is 42.0 Å². The molecule has 0 amide bonds. The Morgan fingerprint density at radius 3 is 2.60 bits per heavy atom. The van der Waals surface area contributed by atoms with E-state index < -0.39 is 0 Å². The first kappa shape index (κ1) is 19.4. The topological polar surface area (TPSA) is 43.4 Å². The molecule has 0 aliphatic heterocycles. The molecule has 0 aromatic heterocycles. The van der Waals surface area contributed by atoms with Gasteiger partial charge in [-0.3, -0.25) is 9.59 Å². The van der Waals surface area contributed by atoms with Gasteiger partial charge in [0.1, 0.15) is 5.78 Å². The number of methoxy groups -OCH3 is 1. The largest absolute Gasteiger partial charge is 0.469 e. The number of ether oxygens (including phenoxy) is 1. The SMILES string of the molecule is COC(=O)CCCCCC[C@H]1C(=O)C[C@@H](C)[C@@H]1/C=C/c1ccccc1. The normalized spacial score (nSPS) is 23.3. The zero-order chi connectivity index (χ0) is 18.1. The quantitative estimate of drug-likeness (QED) is 0.465. The Balaban J connectivity index is 1.80. The van der Waals surface area contributed by atoms with Crippen LogP contribution in [0.5, 0.6) is 0 Å². The second-order valence-electron chi connectivity index (χ2n) is 7.13. The Bertz CT molecular complexity index is 576. The van der Waals surface area contributed by atoms with Crippen LogP contribution in [0.3, 0.4) is 0 Å². The third kappa shape index (κ3) is 6.15. The standard InChI is InChI=1S/C22H30O3/c1-17-16-21(23)20(12-8-3-4-9-13-22(24)25-2)19(17)15-14-18-10-6-5-7-11-18/h5-7,10-11,14-15,17,19-20H,3-4,8-9,12-13,16H2,1-2H3/b15-14+/t17-,19+,20-/m1/s1. The van der Waals surface area contributed by atoms with Gasteiger partial charge in [-0.2, -0.15) is 0 Å². The average Bonchev–Trinajstić information content (AvgIpc) is 2.89. The van der Waals surface area contributed by atoms with Gasteiger partial charge in [0.25, 0.3) is 0 Å². The molecular formula is C22H30O3. The first-order chi connectivity index (χ1) is 12.1. The molecule has 1 saturated carbocycles. The van der Waals surface area contributed by atoms with Crippen LogP contribution in [0.2, 0.25) is 0 Å². The van der Waals surface area contributed by atoms with E-state index in [0.29, 0.717) is 30.5 Å². The summed E-state index contributed by atoms with van der Waals surface area (Å²) in [6.45, 7) is 2.19. The second-order valence-corrected chi connectivity index (χ2v) is 7.13. The van der Waals surface area contributed by atoms with Crippen LogP contribution in [0.25, 0.3) is 6.08 Å². The van der Waals surface area contributed by atoms with E-state index in [9.17, 15) is 9.59 Å². The third-order valence-corrected chi connectivity index (χ3v) is 5.24. The number of esters is 1. The molecule has 0 unspecified atom stereocenters. The highest BCUT2D eigenvalue weighted by Crippen LogP contribution is 2.38. The molecule has 0 N–H and O–H groups in total. The van der Waals surface area contributed by atoms with Crippen molar-refractivity contribution in [2.45, 2.75) is 51.9 Å². The van der Waals surface area contributed by atoms with Crippen LogP contribution >= 0.6 is 0 Å². The van der Waals surface area contributed by atoms with Crippen molar-refractivity contribution in [1.29, 1.82) is 0 Å². The van der Waals surface area contributed by atoms with Gasteiger partial charge < -0.3 is 4.74 Å². The number of Topliss-reactive ketones (excluding diaryl/α,β-unsaturated/α-hetero) is 1. The van der Waals surface area contributed by atoms with E-state index in [2.05, 4.69) is 35.9 Å². The summed E-state index contributed by atoms with van der Waals surface area (Å²) in [6.07, 6.45) is 10.6. The maximum atomic E-state index is 12.4. The molecule has 1 aliphatic rings. The molecule has 0 spiro atoms. The third-order valence-electron chi connectivity index (χ3n) is 5.24. The van der Waals surface area contributed by atoms with Crippen molar-refractivity contribution in [3.8, 4) is 0 Å². The summed E-state index contributed by atoms with van der Waals surface area (Å²) in [5, 5.41) is 0. The van der Waals surface area contributed by atoms with E-state index in [-0.39, 0.29) is 11.9 Å². The van der Waals surface area contributed by atoms with E-state index in [1.165, 1.54) is 12.7 Å². The number of ketones is 1. The highest BCUT2D eigenvalue weighted by Gasteiger charge is 2.37. The van der Waals surface area contributed by atoms with Crippen LogP contribution in [-0.4, -0.2) is 18.9 Å². The van der Waals surface area contributed by atoms with E-state index in [0.717, 1.165) is 32.1 Å². The van der Waals surface area contributed by atoms with E-state index >= 15 is 0 Å². The molecule has 0 radical (unpaired) electrons. The number of allylic oxidation sites excluding steroid dienone is 1. The number of hydrogen-bond donors (Lipinski definition) is 0. The molecule has 136 valence electrons. The van der Waals surface area contributed by atoms with Crippen LogP contribution < -0.4 is 0 Å². The van der Waals surface area contributed by atoms with Crippen LogP contribution in [-0.2, 0) is 14.3 Å². The number of unbranched alkanes of at least 4 members (excludes halogenated alkanes) is 3. The van der Waals surface area contributed by atoms with Gasteiger partial charge in [0.15, 0.2) is 0 Å². The summed E-state index contributed by atoms with van der Waals surface area (Å²) >= 11 is 0. The minimum absolute atomic E-state index is 0.133. The second kappa shape index (κ2) is 10.2. The predicted octanol–water partition coefficient (Wildman–Crippen LogP) is 5.05. The fraction of sp³-hybridized carbons (Fsp3) is 0.545. The summed E-state index contributed by atoms with van der Waals surface area (Å²) in [5.74, 6) is 1.23. The van der Waals surface area contributed by atoms with Gasteiger partial charge in [0.05, 0.1) is 7.11 Å². The zero-order valence-electron chi connectivity index (χ0n) is 15.4. The molecule has 0 heterocycles. The molecule has 1 aromatic carbocycles. The molecule has 1 aliphatic carbocycles. The highest BCUT2D eigenvalue weighted by molar-refractivity contribution is 5.84. The lowest BCUT2D eigenvalue weighted by Gasteiger charge is -2.18. The van der Waals surface area contributed by atoms with Gasteiger partial charge in [0, 0.05) is 18.8 Å². The van der Waals surface area contributed by atoms with Crippen LogP contribution in [0.1, 0.15) is 57.4 Å². The van der Waals surface area contributed by atoms with Crippen molar-refractivity contribution in [1.82, 2.24) is 0 Å². The van der Waals surface area contributed by atoms with Gasteiger partial charge in [-0.15, -0.1) is 0 Å². The van der Waals surface area contributed by atoms with Crippen LogP contribution in [0.15, 0.2) is 36.4 Å². The first-order valence-corrected chi connectivity index (χ1v) is 9.44. The predicted molar refractivity (Wildman–Crippen MR) is 101 cm³/mol. The summed E-state index contributed by atoms with van der Waals surface area (Å²) < 4.78 is 4.65. The number of hydrogen-bond acceptors (Lipinski definition) is 3. The molecule has 3 nitrogen and oxygen atoms in total. The minimum atomic E-state index is -0.133. The van der Waals surface area contributed by atoms with E-state index in [4.69, 9.17) is 0 Å². The number of carbonyl (C=O) groups is 2. The Morgan fingerprint density at radius 1 is 1.16 bits per heavy atom. The van der Waals surface area contributed by atoms with Crippen LogP contribution in [0, 0.1) is 17.8 Å². The van der Waals surface area contributed by atoms with Crippen molar-refractivity contribution < 1.29 is 14.3 Å².